The molecule has 0 aromatic rings. The predicted octanol–water partition coefficient (Wildman–Crippen LogP) is 1.78. The van der Waals surface area contributed by atoms with Crippen molar-refractivity contribution < 1.29 is 5.11 Å². The monoisotopic (exact) mass is 185 g/mol. The van der Waals surface area contributed by atoms with Crippen molar-refractivity contribution >= 4 is 0 Å². The molecule has 0 aromatic carbocycles. The lowest BCUT2D eigenvalue weighted by atomic mass is 9.96. The maximum atomic E-state index is 9.30. The van der Waals surface area contributed by atoms with Gasteiger partial charge in [0.1, 0.15) is 0 Å². The Balaban J connectivity index is 2.23. The highest BCUT2D eigenvalue weighted by Gasteiger charge is 2.40. The molecule has 0 amide bonds. The van der Waals surface area contributed by atoms with Crippen molar-refractivity contribution in [3.8, 4) is 0 Å². The highest BCUT2D eigenvalue weighted by Crippen LogP contribution is 2.39. The summed E-state index contributed by atoms with van der Waals surface area (Å²) in [5.74, 6) is 1.46. The second-order valence-electron chi connectivity index (χ2n) is 4.96. The number of hydrogen-bond donors (Lipinski definition) is 2. The number of nitrogens with one attached hydrogen (secondary N) is 1. The Kier molecular flexibility index (Phi) is 3.74. The molecule has 0 heterocycles. The van der Waals surface area contributed by atoms with Gasteiger partial charge in [0.2, 0.25) is 0 Å². The molecule has 13 heavy (non-hydrogen) atoms. The first kappa shape index (κ1) is 11.0. The van der Waals surface area contributed by atoms with Crippen molar-refractivity contribution in [2.75, 3.05) is 13.2 Å². The van der Waals surface area contributed by atoms with Gasteiger partial charge in [-0.1, -0.05) is 13.8 Å². The van der Waals surface area contributed by atoms with Crippen molar-refractivity contribution in [2.24, 2.45) is 11.8 Å². The standard InChI is InChI=1S/C11H23NO/c1-9(2)6-7-12-11(3,8-13)10-4-5-10/h9-10,12-13H,4-8H2,1-3H3. The van der Waals surface area contributed by atoms with E-state index in [1.807, 2.05) is 0 Å². The zero-order chi connectivity index (χ0) is 9.90. The summed E-state index contributed by atoms with van der Waals surface area (Å²) >= 11 is 0. The minimum absolute atomic E-state index is 0.00507. The van der Waals surface area contributed by atoms with Crippen LogP contribution in [0.25, 0.3) is 0 Å². The molecule has 0 saturated heterocycles. The smallest absolute Gasteiger partial charge is 0.0613 e. The van der Waals surface area contributed by atoms with Gasteiger partial charge in [0.05, 0.1) is 6.61 Å². The van der Waals surface area contributed by atoms with Crippen LogP contribution in [0.15, 0.2) is 0 Å². The number of hydrogen-bond acceptors (Lipinski definition) is 2. The lowest BCUT2D eigenvalue weighted by Crippen LogP contribution is -2.48. The van der Waals surface area contributed by atoms with E-state index in [2.05, 4.69) is 26.1 Å². The Morgan fingerprint density at radius 1 is 1.46 bits per heavy atom. The quantitative estimate of drug-likeness (QED) is 0.661. The summed E-state index contributed by atoms with van der Waals surface area (Å²) in [4.78, 5) is 0. The molecule has 0 aromatic heterocycles. The molecular formula is C11H23NO. The summed E-state index contributed by atoms with van der Waals surface area (Å²) in [7, 11) is 0. The Labute approximate surface area is 81.7 Å². The van der Waals surface area contributed by atoms with E-state index in [1.54, 1.807) is 0 Å². The van der Waals surface area contributed by atoms with Crippen molar-refractivity contribution in [1.29, 1.82) is 0 Å². The van der Waals surface area contributed by atoms with Crippen LogP contribution < -0.4 is 5.32 Å². The Hall–Kier alpha value is -0.0800. The van der Waals surface area contributed by atoms with Crippen LogP contribution in [0.5, 0.6) is 0 Å². The Morgan fingerprint density at radius 2 is 2.08 bits per heavy atom. The van der Waals surface area contributed by atoms with Gasteiger partial charge >= 0.3 is 0 Å². The lowest BCUT2D eigenvalue weighted by molar-refractivity contribution is 0.153. The first-order chi connectivity index (χ1) is 6.08. The third kappa shape index (κ3) is 3.28. The van der Waals surface area contributed by atoms with E-state index < -0.39 is 0 Å². The molecule has 2 N–H and O–H groups in total. The van der Waals surface area contributed by atoms with Crippen LogP contribution in [0.4, 0.5) is 0 Å². The summed E-state index contributed by atoms with van der Waals surface area (Å²) in [6.07, 6.45) is 3.76. The van der Waals surface area contributed by atoms with Crippen LogP contribution in [0, 0.1) is 11.8 Å². The Bertz CT molecular complexity index is 154. The fraction of sp³-hybridized carbons (Fsp3) is 1.00. The van der Waals surface area contributed by atoms with Crippen molar-refractivity contribution in [1.82, 2.24) is 5.32 Å². The minimum atomic E-state index is -0.00507. The van der Waals surface area contributed by atoms with Crippen molar-refractivity contribution in [2.45, 2.75) is 45.6 Å². The molecular weight excluding hydrogens is 162 g/mol. The van der Waals surface area contributed by atoms with E-state index in [1.165, 1.54) is 19.3 Å². The summed E-state index contributed by atoms with van der Waals surface area (Å²) < 4.78 is 0. The fourth-order valence-electron chi connectivity index (χ4n) is 1.70. The topological polar surface area (TPSA) is 32.3 Å². The van der Waals surface area contributed by atoms with Crippen LogP contribution in [-0.2, 0) is 0 Å². The maximum absolute atomic E-state index is 9.30. The van der Waals surface area contributed by atoms with Gasteiger partial charge < -0.3 is 10.4 Å². The summed E-state index contributed by atoms with van der Waals surface area (Å²) in [5.41, 5.74) is -0.00507. The molecule has 0 radical (unpaired) electrons. The van der Waals surface area contributed by atoms with Crippen LogP contribution >= 0.6 is 0 Å². The van der Waals surface area contributed by atoms with Crippen molar-refractivity contribution in [3.05, 3.63) is 0 Å². The van der Waals surface area contributed by atoms with Gasteiger partial charge in [-0.25, -0.2) is 0 Å². The van der Waals surface area contributed by atoms with Gasteiger partial charge in [0.25, 0.3) is 0 Å². The fourth-order valence-corrected chi connectivity index (χ4v) is 1.70. The van der Waals surface area contributed by atoms with Gasteiger partial charge in [-0.15, -0.1) is 0 Å². The average Bonchev–Trinajstić information content (AvgIpc) is 2.85. The van der Waals surface area contributed by atoms with Gasteiger partial charge in [0, 0.05) is 5.54 Å². The van der Waals surface area contributed by atoms with E-state index in [-0.39, 0.29) is 12.1 Å². The molecule has 0 bridgehead atoms. The molecule has 1 unspecified atom stereocenters. The molecule has 1 aliphatic rings. The first-order valence-corrected chi connectivity index (χ1v) is 5.44. The predicted molar refractivity (Wildman–Crippen MR) is 55.7 cm³/mol. The van der Waals surface area contributed by atoms with Gasteiger partial charge in [0.15, 0.2) is 0 Å². The number of aliphatic hydroxyl groups excluding tert-OH is 1. The molecule has 1 saturated carbocycles. The molecule has 1 rings (SSSR count). The normalized spacial score (nSPS) is 21.9. The van der Waals surface area contributed by atoms with Gasteiger partial charge in [-0.3, -0.25) is 0 Å². The van der Waals surface area contributed by atoms with Gasteiger partial charge in [-0.2, -0.15) is 0 Å². The van der Waals surface area contributed by atoms with Crippen LogP contribution in [-0.4, -0.2) is 23.8 Å². The van der Waals surface area contributed by atoms with Gasteiger partial charge in [-0.05, 0) is 44.6 Å². The van der Waals surface area contributed by atoms with Crippen LogP contribution in [0.1, 0.15) is 40.0 Å². The van der Waals surface area contributed by atoms with Crippen LogP contribution in [0.3, 0.4) is 0 Å². The van der Waals surface area contributed by atoms with E-state index >= 15 is 0 Å². The highest BCUT2D eigenvalue weighted by molar-refractivity contribution is 4.97. The molecule has 78 valence electrons. The lowest BCUT2D eigenvalue weighted by Gasteiger charge is -2.29. The third-order valence-corrected chi connectivity index (χ3v) is 3.06. The second-order valence-corrected chi connectivity index (χ2v) is 4.96. The Morgan fingerprint density at radius 3 is 2.46 bits per heavy atom. The number of rotatable bonds is 6. The molecule has 1 aliphatic carbocycles. The summed E-state index contributed by atoms with van der Waals surface area (Å²) in [6, 6.07) is 0. The molecule has 1 fully saturated rings. The zero-order valence-corrected chi connectivity index (χ0v) is 9.14. The highest BCUT2D eigenvalue weighted by atomic mass is 16.3. The van der Waals surface area contributed by atoms with E-state index in [0.29, 0.717) is 5.92 Å². The largest absolute Gasteiger partial charge is 0.394 e. The minimum Gasteiger partial charge on any atom is -0.394 e. The van der Waals surface area contributed by atoms with E-state index in [9.17, 15) is 5.11 Å². The maximum Gasteiger partial charge on any atom is 0.0613 e. The molecule has 0 aliphatic heterocycles. The average molecular weight is 185 g/mol. The molecule has 2 heteroatoms. The molecule has 1 atom stereocenters. The SMILES string of the molecule is CC(C)CCNC(C)(CO)C1CC1. The second kappa shape index (κ2) is 4.43. The number of aliphatic hydroxyl groups is 1. The summed E-state index contributed by atoms with van der Waals surface area (Å²) in [6.45, 7) is 7.91. The molecule has 2 nitrogen and oxygen atoms in total. The van der Waals surface area contributed by atoms with E-state index in [4.69, 9.17) is 0 Å². The molecule has 0 spiro atoms. The summed E-state index contributed by atoms with van der Waals surface area (Å²) in [5, 5.41) is 12.8. The van der Waals surface area contributed by atoms with E-state index in [0.717, 1.165) is 12.5 Å². The zero-order valence-electron chi connectivity index (χ0n) is 9.14. The van der Waals surface area contributed by atoms with Crippen molar-refractivity contribution in [3.63, 3.8) is 0 Å². The van der Waals surface area contributed by atoms with Crippen LogP contribution in [0.2, 0.25) is 0 Å². The first-order valence-electron chi connectivity index (χ1n) is 5.44. The third-order valence-electron chi connectivity index (χ3n) is 3.06.